The Kier molecular flexibility index (Phi) is 3.01. The van der Waals surface area contributed by atoms with E-state index in [0.717, 1.165) is 18.4 Å². The first kappa shape index (κ1) is 12.2. The van der Waals surface area contributed by atoms with E-state index in [1.54, 1.807) is 0 Å². The molecule has 2 atom stereocenters. The number of hydrogen-bond acceptors (Lipinski definition) is 2. The number of benzene rings is 1. The van der Waals surface area contributed by atoms with Crippen LogP contribution in [0, 0.1) is 0 Å². The molecule has 0 radical (unpaired) electrons. The van der Waals surface area contributed by atoms with Crippen molar-refractivity contribution < 1.29 is 9.59 Å². The molecule has 4 heteroatoms. The third-order valence-electron chi connectivity index (χ3n) is 3.86. The number of carbonyl (C=O) groups is 2. The molecule has 2 amide bonds. The van der Waals surface area contributed by atoms with Gasteiger partial charge in [0.1, 0.15) is 12.1 Å². The van der Waals surface area contributed by atoms with Crippen LogP contribution in [0.5, 0.6) is 0 Å². The van der Waals surface area contributed by atoms with Gasteiger partial charge in [0, 0.05) is 6.04 Å². The van der Waals surface area contributed by atoms with Gasteiger partial charge in [0.15, 0.2) is 0 Å². The van der Waals surface area contributed by atoms with Crippen LogP contribution in [-0.2, 0) is 9.59 Å². The molecule has 100 valence electrons. The summed E-state index contributed by atoms with van der Waals surface area (Å²) in [6.07, 6.45) is 2.67. The SMILES string of the molecule is CCC1NC(=O)C(c2ccccc2)N(C2CC2)C1=O. The van der Waals surface area contributed by atoms with Crippen molar-refractivity contribution in [1.29, 1.82) is 0 Å². The van der Waals surface area contributed by atoms with Crippen LogP contribution in [-0.4, -0.2) is 28.8 Å². The normalized spacial score (nSPS) is 27.3. The van der Waals surface area contributed by atoms with Crippen LogP contribution in [0.15, 0.2) is 30.3 Å². The number of nitrogens with one attached hydrogen (secondary N) is 1. The molecule has 1 aliphatic heterocycles. The fourth-order valence-electron chi connectivity index (χ4n) is 2.71. The quantitative estimate of drug-likeness (QED) is 0.895. The highest BCUT2D eigenvalue weighted by atomic mass is 16.2. The van der Waals surface area contributed by atoms with Gasteiger partial charge in [0.2, 0.25) is 11.8 Å². The van der Waals surface area contributed by atoms with Gasteiger partial charge in [-0.25, -0.2) is 0 Å². The Morgan fingerprint density at radius 1 is 1.21 bits per heavy atom. The zero-order valence-electron chi connectivity index (χ0n) is 11.0. The lowest BCUT2D eigenvalue weighted by Crippen LogP contribution is -2.59. The Morgan fingerprint density at radius 2 is 1.89 bits per heavy atom. The second-order valence-corrected chi connectivity index (χ2v) is 5.26. The molecule has 0 spiro atoms. The van der Waals surface area contributed by atoms with Gasteiger partial charge < -0.3 is 10.2 Å². The van der Waals surface area contributed by atoms with E-state index in [-0.39, 0.29) is 23.9 Å². The lowest BCUT2D eigenvalue weighted by Gasteiger charge is -2.39. The number of rotatable bonds is 3. The molecule has 1 aromatic rings. The van der Waals surface area contributed by atoms with Crippen LogP contribution in [0.2, 0.25) is 0 Å². The van der Waals surface area contributed by atoms with Crippen LogP contribution in [0.25, 0.3) is 0 Å². The van der Waals surface area contributed by atoms with E-state index in [4.69, 9.17) is 0 Å². The third-order valence-corrected chi connectivity index (χ3v) is 3.86. The van der Waals surface area contributed by atoms with Crippen molar-refractivity contribution in [2.75, 3.05) is 0 Å². The van der Waals surface area contributed by atoms with Crippen LogP contribution >= 0.6 is 0 Å². The summed E-state index contributed by atoms with van der Waals surface area (Å²) in [4.78, 5) is 26.6. The van der Waals surface area contributed by atoms with Crippen LogP contribution in [0.1, 0.15) is 37.8 Å². The zero-order chi connectivity index (χ0) is 13.4. The van der Waals surface area contributed by atoms with Crippen molar-refractivity contribution >= 4 is 11.8 Å². The van der Waals surface area contributed by atoms with Gasteiger partial charge in [0.25, 0.3) is 0 Å². The molecule has 19 heavy (non-hydrogen) atoms. The highest BCUT2D eigenvalue weighted by molar-refractivity contribution is 5.97. The Bertz CT molecular complexity index is 496. The minimum absolute atomic E-state index is 0.0513. The fourth-order valence-corrected chi connectivity index (χ4v) is 2.71. The summed E-state index contributed by atoms with van der Waals surface area (Å²) in [6, 6.07) is 9.00. The summed E-state index contributed by atoms with van der Waals surface area (Å²) in [5, 5.41) is 2.85. The molecular weight excluding hydrogens is 240 g/mol. The van der Waals surface area contributed by atoms with E-state index in [9.17, 15) is 9.59 Å². The summed E-state index contributed by atoms with van der Waals surface area (Å²) in [5.74, 6) is 0.0167. The summed E-state index contributed by atoms with van der Waals surface area (Å²) in [6.45, 7) is 1.93. The monoisotopic (exact) mass is 258 g/mol. The van der Waals surface area contributed by atoms with Crippen LogP contribution < -0.4 is 5.32 Å². The highest BCUT2D eigenvalue weighted by Gasteiger charge is 2.46. The average molecular weight is 258 g/mol. The molecule has 1 N–H and O–H groups in total. The summed E-state index contributed by atoms with van der Waals surface area (Å²) >= 11 is 0. The van der Waals surface area contributed by atoms with Crippen molar-refractivity contribution in [1.82, 2.24) is 10.2 Å². The van der Waals surface area contributed by atoms with Gasteiger partial charge in [-0.1, -0.05) is 37.3 Å². The van der Waals surface area contributed by atoms with Gasteiger partial charge in [-0.05, 0) is 24.8 Å². The van der Waals surface area contributed by atoms with Crippen LogP contribution in [0.4, 0.5) is 0 Å². The molecular formula is C15H18N2O2. The number of nitrogens with zero attached hydrogens (tertiary/aromatic N) is 1. The van der Waals surface area contributed by atoms with Gasteiger partial charge in [-0.2, -0.15) is 0 Å². The maximum absolute atomic E-state index is 12.5. The lowest BCUT2D eigenvalue weighted by atomic mass is 9.98. The lowest BCUT2D eigenvalue weighted by molar-refractivity contribution is -0.150. The van der Waals surface area contributed by atoms with E-state index < -0.39 is 6.04 Å². The highest BCUT2D eigenvalue weighted by Crippen LogP contribution is 2.37. The van der Waals surface area contributed by atoms with Crippen molar-refractivity contribution in [2.45, 2.75) is 44.3 Å². The van der Waals surface area contributed by atoms with Crippen LogP contribution in [0.3, 0.4) is 0 Å². The minimum Gasteiger partial charge on any atom is -0.342 e. The van der Waals surface area contributed by atoms with Gasteiger partial charge in [0.05, 0.1) is 0 Å². The van der Waals surface area contributed by atoms with E-state index >= 15 is 0 Å². The first-order valence-electron chi connectivity index (χ1n) is 6.90. The van der Waals surface area contributed by atoms with Crippen molar-refractivity contribution in [3.63, 3.8) is 0 Å². The molecule has 2 fully saturated rings. The minimum atomic E-state index is -0.455. The predicted molar refractivity (Wildman–Crippen MR) is 71.3 cm³/mol. The average Bonchev–Trinajstić information content (AvgIpc) is 3.25. The van der Waals surface area contributed by atoms with Crippen molar-refractivity contribution in [3.05, 3.63) is 35.9 Å². The molecule has 2 aliphatic rings. The summed E-state index contributed by atoms with van der Waals surface area (Å²) in [7, 11) is 0. The summed E-state index contributed by atoms with van der Waals surface area (Å²) < 4.78 is 0. The van der Waals surface area contributed by atoms with Crippen molar-refractivity contribution in [3.8, 4) is 0 Å². The molecule has 1 saturated heterocycles. The first-order chi connectivity index (χ1) is 9.22. The summed E-state index contributed by atoms with van der Waals surface area (Å²) in [5.41, 5.74) is 0.898. The zero-order valence-corrected chi connectivity index (χ0v) is 11.0. The van der Waals surface area contributed by atoms with E-state index in [1.165, 1.54) is 0 Å². The molecule has 1 saturated carbocycles. The Balaban J connectivity index is 1.96. The smallest absolute Gasteiger partial charge is 0.248 e. The molecule has 1 heterocycles. The number of piperazine rings is 1. The number of hydrogen-bond donors (Lipinski definition) is 1. The molecule has 4 nitrogen and oxygen atoms in total. The number of amides is 2. The van der Waals surface area contributed by atoms with Gasteiger partial charge in [-0.15, -0.1) is 0 Å². The molecule has 1 aromatic carbocycles. The van der Waals surface area contributed by atoms with Crippen molar-refractivity contribution in [2.24, 2.45) is 0 Å². The second kappa shape index (κ2) is 4.68. The largest absolute Gasteiger partial charge is 0.342 e. The second-order valence-electron chi connectivity index (χ2n) is 5.26. The molecule has 0 bridgehead atoms. The van der Waals surface area contributed by atoms with E-state index in [2.05, 4.69) is 5.32 Å². The van der Waals surface area contributed by atoms with Gasteiger partial charge >= 0.3 is 0 Å². The predicted octanol–water partition coefficient (Wildman–Crippen LogP) is 1.63. The standard InChI is InChI=1S/C15H18N2O2/c1-2-12-15(19)17(11-8-9-11)13(14(18)16-12)10-6-4-3-5-7-10/h3-7,11-13H,2,8-9H2,1H3,(H,16,18). The molecule has 0 aromatic heterocycles. The molecule has 3 rings (SSSR count). The molecule has 2 unspecified atom stereocenters. The Morgan fingerprint density at radius 3 is 2.47 bits per heavy atom. The Hall–Kier alpha value is -1.84. The fraction of sp³-hybridized carbons (Fsp3) is 0.467. The third kappa shape index (κ3) is 2.11. The maximum atomic E-state index is 12.5. The van der Waals surface area contributed by atoms with E-state index in [0.29, 0.717) is 6.42 Å². The van der Waals surface area contributed by atoms with E-state index in [1.807, 2.05) is 42.2 Å². The first-order valence-corrected chi connectivity index (χ1v) is 6.90. The molecule has 1 aliphatic carbocycles. The maximum Gasteiger partial charge on any atom is 0.248 e. The van der Waals surface area contributed by atoms with Gasteiger partial charge in [-0.3, -0.25) is 9.59 Å². The Labute approximate surface area is 112 Å². The number of carbonyl (C=O) groups excluding carboxylic acids is 2. The topological polar surface area (TPSA) is 49.4 Å².